The number of aliphatic imine (C=N–C) groups is 1. The third kappa shape index (κ3) is 6.28. The molecule has 0 radical (unpaired) electrons. The lowest BCUT2D eigenvalue weighted by atomic mass is 9.80. The summed E-state index contributed by atoms with van der Waals surface area (Å²) in [6.45, 7) is 0. The van der Waals surface area contributed by atoms with Crippen LogP contribution in [0.1, 0.15) is 59.8 Å². The molecule has 0 N–H and O–H groups in total. The SMILES string of the molecule is C1=CC(c2c3ccccc3c(-c3ccccc3)c3ccc(-c4cccc(-c5ccc6c(c5)N=C(c5ccccc5)C6CCc5ccccc5)n4)cc23)CCC1. The van der Waals surface area contributed by atoms with Crippen LogP contribution in [0.2, 0.25) is 0 Å². The topological polar surface area (TPSA) is 25.2 Å². The second kappa shape index (κ2) is 14.5. The van der Waals surface area contributed by atoms with Crippen LogP contribution < -0.4 is 0 Å². The number of hydrogen-bond acceptors (Lipinski definition) is 2. The monoisotopic (exact) mass is 706 g/mol. The molecule has 0 spiro atoms. The summed E-state index contributed by atoms with van der Waals surface area (Å²) in [6.07, 6.45) is 10.4. The maximum absolute atomic E-state index is 5.34. The van der Waals surface area contributed by atoms with Gasteiger partial charge in [-0.1, -0.05) is 158 Å². The molecule has 55 heavy (non-hydrogen) atoms. The van der Waals surface area contributed by atoms with Crippen LogP contribution in [0.3, 0.4) is 0 Å². The second-order valence-electron chi connectivity index (χ2n) is 15.0. The van der Waals surface area contributed by atoms with Crippen molar-refractivity contribution < 1.29 is 0 Å². The van der Waals surface area contributed by atoms with Gasteiger partial charge in [-0.2, -0.15) is 0 Å². The highest BCUT2D eigenvalue weighted by atomic mass is 14.8. The van der Waals surface area contributed by atoms with Crippen LogP contribution >= 0.6 is 0 Å². The number of aromatic nitrogens is 1. The first-order valence-corrected chi connectivity index (χ1v) is 19.8. The summed E-state index contributed by atoms with van der Waals surface area (Å²) in [5.74, 6) is 0.624. The Morgan fingerprint density at radius 1 is 0.527 bits per heavy atom. The fourth-order valence-electron chi connectivity index (χ4n) is 9.07. The Balaban J connectivity index is 1.06. The Bertz CT molecular complexity index is 2730. The zero-order valence-corrected chi connectivity index (χ0v) is 30.9. The fraction of sp³-hybridized carbons (Fsp3) is 0.132. The van der Waals surface area contributed by atoms with E-state index in [1.54, 1.807) is 0 Å². The lowest BCUT2D eigenvalue weighted by molar-refractivity contribution is 0.660. The normalized spacial score (nSPS) is 16.3. The summed E-state index contributed by atoms with van der Waals surface area (Å²) in [6, 6.07) is 61.7. The van der Waals surface area contributed by atoms with Crippen molar-refractivity contribution in [2.75, 3.05) is 0 Å². The van der Waals surface area contributed by atoms with E-state index in [9.17, 15) is 0 Å². The van der Waals surface area contributed by atoms with Crippen molar-refractivity contribution in [1.82, 2.24) is 4.98 Å². The summed E-state index contributed by atoms with van der Waals surface area (Å²) >= 11 is 0. The van der Waals surface area contributed by atoms with Crippen LogP contribution in [0.5, 0.6) is 0 Å². The molecule has 1 aliphatic heterocycles. The Hall–Kier alpha value is -6.38. The highest BCUT2D eigenvalue weighted by molar-refractivity contribution is 6.16. The minimum absolute atomic E-state index is 0.244. The molecule has 264 valence electrons. The van der Waals surface area contributed by atoms with Crippen molar-refractivity contribution in [3.63, 3.8) is 0 Å². The first-order valence-electron chi connectivity index (χ1n) is 19.8. The van der Waals surface area contributed by atoms with Gasteiger partial charge in [0.05, 0.1) is 22.8 Å². The summed E-state index contributed by atoms with van der Waals surface area (Å²) in [4.78, 5) is 10.7. The van der Waals surface area contributed by atoms with Gasteiger partial charge < -0.3 is 0 Å². The van der Waals surface area contributed by atoms with Crippen molar-refractivity contribution >= 4 is 32.9 Å². The largest absolute Gasteiger partial charge is 0.252 e. The third-order valence-electron chi connectivity index (χ3n) is 11.7. The molecule has 2 nitrogen and oxygen atoms in total. The minimum Gasteiger partial charge on any atom is -0.252 e. The summed E-state index contributed by atoms with van der Waals surface area (Å²) in [5.41, 5.74) is 14.2. The van der Waals surface area contributed by atoms with Crippen molar-refractivity contribution in [3.8, 4) is 33.6 Å². The van der Waals surface area contributed by atoms with E-state index < -0.39 is 0 Å². The van der Waals surface area contributed by atoms with Crippen molar-refractivity contribution in [3.05, 3.63) is 204 Å². The molecule has 10 rings (SSSR count). The standard InChI is InChI=1S/C53H42N2/c1-5-16-36(17-6-1)28-31-46-42-32-29-41(35-50(42)55-53(46)39-22-11-4-12-23-39)49-27-15-26-48(54-49)40-30-33-45-47(34-40)52(38-20-9-3-10-21-38)44-25-14-13-24-43(44)51(45)37-18-7-2-8-19-37/h1-2,4-9,11-20,22-27,29-30,32-35,38,46H,3,10,21,28,31H2. The molecule has 2 heteroatoms. The van der Waals surface area contributed by atoms with Crippen LogP contribution in [0.15, 0.2) is 187 Å². The maximum atomic E-state index is 5.34. The molecule has 0 saturated carbocycles. The molecule has 2 atom stereocenters. The number of allylic oxidation sites excluding steroid dienone is 2. The first kappa shape index (κ1) is 33.2. The highest BCUT2D eigenvalue weighted by Gasteiger charge is 2.29. The second-order valence-corrected chi connectivity index (χ2v) is 15.0. The van der Waals surface area contributed by atoms with Gasteiger partial charge in [-0.25, -0.2) is 4.98 Å². The lowest BCUT2D eigenvalue weighted by Gasteiger charge is -2.24. The molecule has 1 aliphatic carbocycles. The molecule has 8 aromatic rings. The molecular weight excluding hydrogens is 665 g/mol. The number of fused-ring (bicyclic) bond motifs is 3. The number of pyridine rings is 1. The van der Waals surface area contributed by atoms with E-state index in [0.717, 1.165) is 59.6 Å². The van der Waals surface area contributed by atoms with Gasteiger partial charge in [0, 0.05) is 23.0 Å². The van der Waals surface area contributed by atoms with E-state index >= 15 is 0 Å². The van der Waals surface area contributed by atoms with Crippen LogP contribution in [0.25, 0.3) is 55.2 Å². The van der Waals surface area contributed by atoms with E-state index in [1.807, 2.05) is 0 Å². The smallest absolute Gasteiger partial charge is 0.0710 e. The molecule has 2 heterocycles. The van der Waals surface area contributed by atoms with E-state index in [0.29, 0.717) is 5.92 Å². The molecule has 0 amide bonds. The van der Waals surface area contributed by atoms with Gasteiger partial charge in [0.25, 0.3) is 0 Å². The third-order valence-corrected chi connectivity index (χ3v) is 11.7. The molecule has 0 fully saturated rings. The van der Waals surface area contributed by atoms with Crippen LogP contribution in [0, 0.1) is 0 Å². The predicted molar refractivity (Wildman–Crippen MR) is 231 cm³/mol. The van der Waals surface area contributed by atoms with Gasteiger partial charge in [0.1, 0.15) is 0 Å². The van der Waals surface area contributed by atoms with Gasteiger partial charge in [-0.15, -0.1) is 0 Å². The Labute approximate surface area is 323 Å². The zero-order valence-electron chi connectivity index (χ0n) is 30.9. The molecule has 2 aliphatic rings. The Morgan fingerprint density at radius 2 is 1.18 bits per heavy atom. The number of hydrogen-bond donors (Lipinski definition) is 0. The van der Waals surface area contributed by atoms with E-state index in [2.05, 4.69) is 182 Å². The van der Waals surface area contributed by atoms with Crippen molar-refractivity contribution in [1.29, 1.82) is 0 Å². The Morgan fingerprint density at radius 3 is 1.93 bits per heavy atom. The van der Waals surface area contributed by atoms with E-state index in [4.69, 9.17) is 9.98 Å². The first-order chi connectivity index (χ1) is 27.3. The lowest BCUT2D eigenvalue weighted by Crippen LogP contribution is -2.11. The fourth-order valence-corrected chi connectivity index (χ4v) is 9.07. The van der Waals surface area contributed by atoms with Gasteiger partial charge in [0.2, 0.25) is 0 Å². The van der Waals surface area contributed by atoms with Crippen LogP contribution in [-0.2, 0) is 6.42 Å². The summed E-state index contributed by atoms with van der Waals surface area (Å²) in [7, 11) is 0. The van der Waals surface area contributed by atoms with Gasteiger partial charge in [-0.3, -0.25) is 4.99 Å². The molecule has 1 aromatic heterocycles. The highest BCUT2D eigenvalue weighted by Crippen LogP contribution is 2.46. The van der Waals surface area contributed by atoms with E-state index in [1.165, 1.54) is 61.3 Å². The number of rotatable bonds is 8. The molecular formula is C53H42N2. The summed E-state index contributed by atoms with van der Waals surface area (Å²) < 4.78 is 0. The number of benzene rings is 7. The maximum Gasteiger partial charge on any atom is 0.0710 e. The average Bonchev–Trinajstić information content (AvgIpc) is 3.63. The molecule has 7 aromatic carbocycles. The van der Waals surface area contributed by atoms with E-state index in [-0.39, 0.29) is 5.92 Å². The summed E-state index contributed by atoms with van der Waals surface area (Å²) in [5, 5.41) is 5.28. The molecule has 2 unspecified atom stereocenters. The van der Waals surface area contributed by atoms with Crippen molar-refractivity contribution in [2.45, 2.75) is 43.9 Å². The van der Waals surface area contributed by atoms with Gasteiger partial charge in [0.15, 0.2) is 0 Å². The van der Waals surface area contributed by atoms with Gasteiger partial charge >= 0.3 is 0 Å². The Kier molecular flexibility index (Phi) is 8.73. The molecule has 0 bridgehead atoms. The zero-order chi connectivity index (χ0) is 36.6. The average molecular weight is 707 g/mol. The van der Waals surface area contributed by atoms with Gasteiger partial charge in [-0.05, 0) is 111 Å². The number of aryl methyl sites for hydroxylation is 1. The number of nitrogens with zero attached hydrogens (tertiary/aromatic N) is 2. The molecule has 0 saturated heterocycles. The van der Waals surface area contributed by atoms with Crippen LogP contribution in [0.4, 0.5) is 5.69 Å². The predicted octanol–water partition coefficient (Wildman–Crippen LogP) is 14.1. The quantitative estimate of drug-likeness (QED) is 0.114. The van der Waals surface area contributed by atoms with Crippen LogP contribution in [-0.4, -0.2) is 10.7 Å². The minimum atomic E-state index is 0.244. The van der Waals surface area contributed by atoms with Crippen molar-refractivity contribution in [2.24, 2.45) is 4.99 Å².